The number of nitrogens with one attached hydrogen (secondary N) is 1. The zero-order chi connectivity index (χ0) is 17.7. The number of halogens is 4. The highest BCUT2D eigenvalue weighted by atomic mass is 35.5. The minimum absolute atomic E-state index is 0.0290. The van der Waals surface area contributed by atoms with E-state index in [0.717, 1.165) is 5.56 Å². The second-order valence-electron chi connectivity index (χ2n) is 6.01. The summed E-state index contributed by atoms with van der Waals surface area (Å²) >= 11 is 5.88. The second-order valence-corrected chi connectivity index (χ2v) is 6.45. The van der Waals surface area contributed by atoms with Gasteiger partial charge in [0.25, 0.3) is 0 Å². The Balaban J connectivity index is 1.87. The van der Waals surface area contributed by atoms with E-state index in [0.29, 0.717) is 37.0 Å². The van der Waals surface area contributed by atoms with E-state index in [2.05, 4.69) is 10.3 Å². The van der Waals surface area contributed by atoms with E-state index in [1.807, 2.05) is 36.2 Å². The van der Waals surface area contributed by atoms with Gasteiger partial charge >= 0.3 is 6.18 Å². The maximum atomic E-state index is 12.5. The molecule has 1 N–H and O–H groups in total. The quantitative estimate of drug-likeness (QED) is 0.660. The molecule has 8 heteroatoms. The van der Waals surface area contributed by atoms with Gasteiger partial charge in [0.05, 0.1) is 6.54 Å². The van der Waals surface area contributed by atoms with E-state index in [-0.39, 0.29) is 6.04 Å². The van der Waals surface area contributed by atoms with Gasteiger partial charge in [-0.25, -0.2) is 0 Å². The largest absolute Gasteiger partial charge is 0.401 e. The Morgan fingerprint density at radius 1 is 1.38 bits per heavy atom. The summed E-state index contributed by atoms with van der Waals surface area (Å²) in [7, 11) is 3.56. The van der Waals surface area contributed by atoms with Crippen LogP contribution in [-0.2, 0) is 6.54 Å². The van der Waals surface area contributed by atoms with Crippen molar-refractivity contribution in [1.29, 1.82) is 0 Å². The molecule has 1 aliphatic heterocycles. The number of rotatable bonds is 4. The van der Waals surface area contributed by atoms with Crippen molar-refractivity contribution in [1.82, 2.24) is 15.1 Å². The molecule has 1 unspecified atom stereocenters. The molecule has 0 spiro atoms. The summed E-state index contributed by atoms with van der Waals surface area (Å²) in [6.07, 6.45) is -3.48. The van der Waals surface area contributed by atoms with Crippen molar-refractivity contribution in [2.75, 3.05) is 33.7 Å². The molecule has 24 heavy (non-hydrogen) atoms. The Morgan fingerprint density at radius 3 is 2.62 bits per heavy atom. The van der Waals surface area contributed by atoms with Gasteiger partial charge in [-0.3, -0.25) is 9.89 Å². The standard InChI is InChI=1S/C16H22ClF3N4/c1-21-15(23(2)9-12-3-5-13(17)6-4-12)22-14-7-8-24(10-14)11-16(18,19)20/h3-6,14H,7-11H2,1-2H3,(H,21,22). The third-order valence-electron chi connectivity index (χ3n) is 3.91. The minimum atomic E-state index is -4.15. The SMILES string of the molecule is CN=C(NC1CCN(CC(F)(F)F)C1)N(C)Cc1ccc(Cl)cc1. The molecule has 0 radical (unpaired) electrons. The van der Waals surface area contributed by atoms with Crippen LogP contribution in [0.1, 0.15) is 12.0 Å². The average Bonchev–Trinajstić information content (AvgIpc) is 2.92. The van der Waals surface area contributed by atoms with Crippen LogP contribution in [-0.4, -0.2) is 61.7 Å². The number of likely N-dealkylation sites (tertiary alicyclic amines) is 1. The third kappa shape index (κ3) is 5.87. The molecule has 134 valence electrons. The van der Waals surface area contributed by atoms with E-state index in [1.54, 1.807) is 7.05 Å². The Hall–Kier alpha value is -1.47. The number of alkyl halides is 3. The van der Waals surface area contributed by atoms with Crippen molar-refractivity contribution in [3.8, 4) is 0 Å². The monoisotopic (exact) mass is 362 g/mol. The number of guanidine groups is 1. The van der Waals surface area contributed by atoms with E-state index in [9.17, 15) is 13.2 Å². The lowest BCUT2D eigenvalue weighted by Gasteiger charge is -2.25. The van der Waals surface area contributed by atoms with Crippen LogP contribution >= 0.6 is 11.6 Å². The summed E-state index contributed by atoms with van der Waals surface area (Å²) in [5, 5.41) is 3.93. The summed E-state index contributed by atoms with van der Waals surface area (Å²) in [4.78, 5) is 7.59. The Kier molecular flexibility index (Phi) is 6.34. The maximum absolute atomic E-state index is 12.5. The lowest BCUT2D eigenvalue weighted by Crippen LogP contribution is -2.45. The highest BCUT2D eigenvalue weighted by molar-refractivity contribution is 6.30. The van der Waals surface area contributed by atoms with Crippen molar-refractivity contribution < 1.29 is 13.2 Å². The number of hydrogen-bond acceptors (Lipinski definition) is 2. The van der Waals surface area contributed by atoms with E-state index in [4.69, 9.17) is 11.6 Å². The molecule has 1 saturated heterocycles. The first-order valence-corrected chi connectivity index (χ1v) is 8.12. The van der Waals surface area contributed by atoms with Crippen LogP contribution < -0.4 is 5.32 Å². The van der Waals surface area contributed by atoms with E-state index >= 15 is 0 Å². The molecule has 1 fully saturated rings. The van der Waals surface area contributed by atoms with Gasteiger partial charge in [0, 0.05) is 44.8 Å². The molecule has 0 saturated carbocycles. The Labute approximate surface area is 145 Å². The van der Waals surface area contributed by atoms with Gasteiger partial charge in [0.15, 0.2) is 5.96 Å². The topological polar surface area (TPSA) is 30.9 Å². The molecular weight excluding hydrogens is 341 g/mol. The lowest BCUT2D eigenvalue weighted by molar-refractivity contribution is -0.143. The van der Waals surface area contributed by atoms with Crippen LogP contribution in [0.25, 0.3) is 0 Å². The fourth-order valence-corrected chi connectivity index (χ4v) is 2.94. The summed E-state index contributed by atoms with van der Waals surface area (Å²) < 4.78 is 37.4. The molecule has 1 aromatic carbocycles. The predicted molar refractivity (Wildman–Crippen MR) is 90.3 cm³/mol. The van der Waals surface area contributed by atoms with Gasteiger partial charge in [-0.1, -0.05) is 23.7 Å². The predicted octanol–water partition coefficient (Wildman–Crippen LogP) is 2.98. The molecule has 0 amide bonds. The van der Waals surface area contributed by atoms with Crippen LogP contribution in [0.5, 0.6) is 0 Å². The third-order valence-corrected chi connectivity index (χ3v) is 4.17. The summed E-state index contributed by atoms with van der Waals surface area (Å²) in [5.74, 6) is 0.670. The first kappa shape index (κ1) is 18.9. The number of aliphatic imine (C=N–C) groups is 1. The smallest absolute Gasteiger partial charge is 0.352 e. The average molecular weight is 363 g/mol. The van der Waals surface area contributed by atoms with Crippen LogP contribution in [0, 0.1) is 0 Å². The highest BCUT2D eigenvalue weighted by Gasteiger charge is 2.34. The molecule has 0 aromatic heterocycles. The van der Waals surface area contributed by atoms with Crippen LogP contribution in [0.2, 0.25) is 5.02 Å². The summed E-state index contributed by atoms with van der Waals surface area (Å²) in [5.41, 5.74) is 1.08. The Morgan fingerprint density at radius 2 is 2.04 bits per heavy atom. The van der Waals surface area contributed by atoms with Crippen molar-refractivity contribution in [2.24, 2.45) is 4.99 Å². The van der Waals surface area contributed by atoms with Crippen molar-refractivity contribution in [2.45, 2.75) is 25.2 Å². The van der Waals surface area contributed by atoms with Gasteiger partial charge in [-0.05, 0) is 24.1 Å². The number of hydrogen-bond donors (Lipinski definition) is 1. The first-order valence-electron chi connectivity index (χ1n) is 7.75. The maximum Gasteiger partial charge on any atom is 0.401 e. The molecule has 1 aromatic rings. The lowest BCUT2D eigenvalue weighted by atomic mass is 10.2. The molecule has 2 rings (SSSR count). The number of nitrogens with zero attached hydrogens (tertiary/aromatic N) is 3. The van der Waals surface area contributed by atoms with Gasteiger partial charge < -0.3 is 10.2 Å². The minimum Gasteiger partial charge on any atom is -0.352 e. The normalized spacial score (nSPS) is 19.6. The fraction of sp³-hybridized carbons (Fsp3) is 0.562. The van der Waals surface area contributed by atoms with Crippen LogP contribution in [0.4, 0.5) is 13.2 Å². The van der Waals surface area contributed by atoms with Crippen LogP contribution in [0.3, 0.4) is 0 Å². The van der Waals surface area contributed by atoms with Gasteiger partial charge in [-0.15, -0.1) is 0 Å². The van der Waals surface area contributed by atoms with Gasteiger partial charge in [0.2, 0.25) is 0 Å². The molecule has 1 aliphatic rings. The van der Waals surface area contributed by atoms with Crippen molar-refractivity contribution in [3.63, 3.8) is 0 Å². The van der Waals surface area contributed by atoms with Gasteiger partial charge in [-0.2, -0.15) is 13.2 Å². The number of benzene rings is 1. The molecule has 4 nitrogen and oxygen atoms in total. The van der Waals surface area contributed by atoms with Gasteiger partial charge in [0.1, 0.15) is 0 Å². The highest BCUT2D eigenvalue weighted by Crippen LogP contribution is 2.20. The molecular formula is C16H22ClF3N4. The zero-order valence-corrected chi connectivity index (χ0v) is 14.5. The summed E-state index contributed by atoms with van der Waals surface area (Å²) in [6.45, 7) is 0.586. The van der Waals surface area contributed by atoms with Crippen molar-refractivity contribution in [3.05, 3.63) is 34.9 Å². The second kappa shape index (κ2) is 8.07. The Bertz CT molecular complexity index is 559. The van der Waals surface area contributed by atoms with E-state index in [1.165, 1.54) is 4.90 Å². The molecule has 1 atom stereocenters. The summed E-state index contributed by atoms with van der Waals surface area (Å²) in [6, 6.07) is 7.50. The first-order chi connectivity index (χ1) is 11.3. The van der Waals surface area contributed by atoms with Crippen molar-refractivity contribution >= 4 is 17.6 Å². The van der Waals surface area contributed by atoms with Crippen LogP contribution in [0.15, 0.2) is 29.3 Å². The fourth-order valence-electron chi connectivity index (χ4n) is 2.81. The molecule has 1 heterocycles. The molecule has 0 bridgehead atoms. The zero-order valence-electron chi connectivity index (χ0n) is 13.8. The molecule has 0 aliphatic carbocycles. The van der Waals surface area contributed by atoms with E-state index < -0.39 is 12.7 Å².